The van der Waals surface area contributed by atoms with Crippen molar-refractivity contribution in [3.05, 3.63) is 52.3 Å². The highest BCUT2D eigenvalue weighted by Crippen LogP contribution is 2.28. The molecule has 0 saturated carbocycles. The van der Waals surface area contributed by atoms with E-state index < -0.39 is 0 Å². The molecule has 0 aliphatic carbocycles. The molecule has 3 nitrogen and oxygen atoms in total. The number of aromatic nitrogens is 2. The molecule has 0 amide bonds. The molecule has 0 aliphatic rings. The third kappa shape index (κ3) is 2.87. The molecule has 1 aromatic carbocycles. The Labute approximate surface area is 115 Å². The van der Waals surface area contributed by atoms with E-state index in [1.165, 1.54) is 27.8 Å². The quantitative estimate of drug-likeness (QED) is 0.912. The van der Waals surface area contributed by atoms with Crippen LogP contribution >= 0.6 is 0 Å². The summed E-state index contributed by atoms with van der Waals surface area (Å²) in [4.78, 5) is 0. The molecule has 102 valence electrons. The van der Waals surface area contributed by atoms with Crippen LogP contribution in [0, 0.1) is 20.8 Å². The fraction of sp³-hybridized carbons (Fsp3) is 0.438. The molecule has 2 aromatic rings. The Morgan fingerprint density at radius 1 is 1.21 bits per heavy atom. The number of hydrogen-bond donors (Lipinski definition) is 1. The number of nitrogens with zero attached hydrogens (tertiary/aromatic N) is 2. The van der Waals surface area contributed by atoms with E-state index in [-0.39, 0.29) is 6.04 Å². The first-order valence-electron chi connectivity index (χ1n) is 6.82. The van der Waals surface area contributed by atoms with Crippen LogP contribution < -0.4 is 5.32 Å². The van der Waals surface area contributed by atoms with E-state index in [4.69, 9.17) is 0 Å². The van der Waals surface area contributed by atoms with Crippen molar-refractivity contribution in [3.63, 3.8) is 0 Å². The summed E-state index contributed by atoms with van der Waals surface area (Å²) in [7, 11) is 1.96. The van der Waals surface area contributed by atoms with Crippen molar-refractivity contribution in [1.82, 2.24) is 15.1 Å². The van der Waals surface area contributed by atoms with Crippen LogP contribution in [-0.2, 0) is 7.05 Å². The van der Waals surface area contributed by atoms with Gasteiger partial charge in [0.2, 0.25) is 0 Å². The molecule has 1 aromatic heterocycles. The number of hydrogen-bond acceptors (Lipinski definition) is 2. The van der Waals surface area contributed by atoms with Gasteiger partial charge in [-0.15, -0.1) is 0 Å². The zero-order chi connectivity index (χ0) is 14.0. The van der Waals surface area contributed by atoms with Crippen LogP contribution in [0.25, 0.3) is 0 Å². The van der Waals surface area contributed by atoms with E-state index in [2.05, 4.69) is 56.4 Å². The molecule has 0 spiro atoms. The molecular weight excluding hydrogens is 234 g/mol. The minimum Gasteiger partial charge on any atom is -0.306 e. The third-order valence-electron chi connectivity index (χ3n) is 3.49. The second-order valence-electron chi connectivity index (χ2n) is 5.25. The predicted molar refractivity (Wildman–Crippen MR) is 79.4 cm³/mol. The second-order valence-corrected chi connectivity index (χ2v) is 5.25. The van der Waals surface area contributed by atoms with E-state index in [0.717, 1.165) is 6.54 Å². The van der Waals surface area contributed by atoms with Crippen molar-refractivity contribution in [2.75, 3.05) is 6.54 Å². The summed E-state index contributed by atoms with van der Waals surface area (Å²) in [6, 6.07) is 4.73. The first-order valence-corrected chi connectivity index (χ1v) is 6.82. The van der Waals surface area contributed by atoms with E-state index in [1.807, 2.05) is 17.9 Å². The fourth-order valence-corrected chi connectivity index (χ4v) is 2.83. The minimum absolute atomic E-state index is 0.222. The first-order chi connectivity index (χ1) is 9.02. The van der Waals surface area contributed by atoms with Crippen molar-refractivity contribution in [2.24, 2.45) is 7.05 Å². The Morgan fingerprint density at radius 2 is 1.84 bits per heavy atom. The number of nitrogens with one attached hydrogen (secondary N) is 1. The van der Waals surface area contributed by atoms with Gasteiger partial charge in [0.15, 0.2) is 0 Å². The fourth-order valence-electron chi connectivity index (χ4n) is 2.83. The SMILES string of the molecule is CCNC(c1cnn(C)c1)c1c(C)cc(C)cc1C. The van der Waals surface area contributed by atoms with Crippen LogP contribution in [-0.4, -0.2) is 16.3 Å². The maximum Gasteiger partial charge on any atom is 0.0613 e. The Balaban J connectivity index is 2.51. The van der Waals surface area contributed by atoms with Crippen LogP contribution in [0.3, 0.4) is 0 Å². The molecular formula is C16H23N3. The zero-order valence-electron chi connectivity index (χ0n) is 12.5. The molecule has 2 rings (SSSR count). The normalized spacial score (nSPS) is 12.7. The lowest BCUT2D eigenvalue weighted by Crippen LogP contribution is -2.23. The smallest absolute Gasteiger partial charge is 0.0613 e. The Morgan fingerprint density at radius 3 is 2.32 bits per heavy atom. The van der Waals surface area contributed by atoms with Crippen LogP contribution in [0.4, 0.5) is 0 Å². The summed E-state index contributed by atoms with van der Waals surface area (Å²) >= 11 is 0. The van der Waals surface area contributed by atoms with E-state index in [0.29, 0.717) is 0 Å². The van der Waals surface area contributed by atoms with Gasteiger partial charge >= 0.3 is 0 Å². The summed E-state index contributed by atoms with van der Waals surface area (Å²) < 4.78 is 1.86. The predicted octanol–water partition coefficient (Wildman–Crippen LogP) is 3.04. The van der Waals surface area contributed by atoms with Gasteiger partial charge in [-0.1, -0.05) is 24.6 Å². The molecule has 0 radical (unpaired) electrons. The average Bonchev–Trinajstić information content (AvgIpc) is 2.73. The van der Waals surface area contributed by atoms with Gasteiger partial charge in [0.25, 0.3) is 0 Å². The van der Waals surface area contributed by atoms with Crippen molar-refractivity contribution in [2.45, 2.75) is 33.7 Å². The van der Waals surface area contributed by atoms with Crippen LogP contribution in [0.1, 0.15) is 40.8 Å². The van der Waals surface area contributed by atoms with Crippen LogP contribution in [0.2, 0.25) is 0 Å². The van der Waals surface area contributed by atoms with E-state index in [1.54, 1.807) is 0 Å². The van der Waals surface area contributed by atoms with Gasteiger partial charge in [-0.2, -0.15) is 5.10 Å². The highest BCUT2D eigenvalue weighted by Gasteiger charge is 2.18. The lowest BCUT2D eigenvalue weighted by molar-refractivity contribution is 0.623. The maximum absolute atomic E-state index is 4.30. The third-order valence-corrected chi connectivity index (χ3v) is 3.49. The molecule has 1 atom stereocenters. The standard InChI is InChI=1S/C16H23N3/c1-6-17-16(14-9-18-19(5)10-14)15-12(3)7-11(2)8-13(15)4/h7-10,16-17H,6H2,1-5H3. The number of rotatable bonds is 4. The molecule has 0 saturated heterocycles. The molecule has 1 heterocycles. The lowest BCUT2D eigenvalue weighted by atomic mass is 9.91. The second kappa shape index (κ2) is 5.57. The van der Waals surface area contributed by atoms with Crippen molar-refractivity contribution in [3.8, 4) is 0 Å². The topological polar surface area (TPSA) is 29.9 Å². The summed E-state index contributed by atoms with van der Waals surface area (Å²) in [5.41, 5.74) is 6.60. The summed E-state index contributed by atoms with van der Waals surface area (Å²) in [6.45, 7) is 9.61. The van der Waals surface area contributed by atoms with Crippen LogP contribution in [0.5, 0.6) is 0 Å². The highest BCUT2D eigenvalue weighted by molar-refractivity contribution is 5.43. The van der Waals surface area contributed by atoms with Gasteiger partial charge in [0, 0.05) is 18.8 Å². The van der Waals surface area contributed by atoms with Gasteiger partial charge in [0.1, 0.15) is 0 Å². The van der Waals surface area contributed by atoms with Crippen molar-refractivity contribution >= 4 is 0 Å². The van der Waals surface area contributed by atoms with Gasteiger partial charge < -0.3 is 5.32 Å². The number of aryl methyl sites for hydroxylation is 4. The Hall–Kier alpha value is -1.61. The Bertz CT molecular complexity index is 546. The molecule has 0 aliphatic heterocycles. The highest BCUT2D eigenvalue weighted by atomic mass is 15.2. The molecule has 1 unspecified atom stereocenters. The molecule has 3 heteroatoms. The maximum atomic E-state index is 4.30. The number of benzene rings is 1. The van der Waals surface area contributed by atoms with Crippen molar-refractivity contribution in [1.29, 1.82) is 0 Å². The van der Waals surface area contributed by atoms with Crippen LogP contribution in [0.15, 0.2) is 24.5 Å². The van der Waals surface area contributed by atoms with Gasteiger partial charge in [-0.05, 0) is 44.0 Å². The molecule has 0 bridgehead atoms. The summed E-state index contributed by atoms with van der Waals surface area (Å²) in [5.74, 6) is 0. The van der Waals surface area contributed by atoms with E-state index >= 15 is 0 Å². The molecule has 1 N–H and O–H groups in total. The van der Waals surface area contributed by atoms with E-state index in [9.17, 15) is 0 Å². The minimum atomic E-state index is 0.222. The Kier molecular flexibility index (Phi) is 4.05. The molecule has 0 fully saturated rings. The van der Waals surface area contributed by atoms with Crippen molar-refractivity contribution < 1.29 is 0 Å². The lowest BCUT2D eigenvalue weighted by Gasteiger charge is -2.22. The zero-order valence-corrected chi connectivity index (χ0v) is 12.5. The van der Waals surface area contributed by atoms with Gasteiger partial charge in [-0.25, -0.2) is 0 Å². The largest absolute Gasteiger partial charge is 0.306 e. The average molecular weight is 257 g/mol. The monoisotopic (exact) mass is 257 g/mol. The molecule has 19 heavy (non-hydrogen) atoms. The summed E-state index contributed by atoms with van der Waals surface area (Å²) in [5, 5.41) is 7.88. The first kappa shape index (κ1) is 13.8. The van der Waals surface area contributed by atoms with Gasteiger partial charge in [0.05, 0.1) is 12.2 Å². The van der Waals surface area contributed by atoms with Gasteiger partial charge in [-0.3, -0.25) is 4.68 Å². The summed E-state index contributed by atoms with van der Waals surface area (Å²) in [6.07, 6.45) is 4.04.